The Morgan fingerprint density at radius 1 is 1.67 bits per heavy atom. The van der Waals surface area contributed by atoms with Crippen LogP contribution in [0.1, 0.15) is 0 Å². The number of hydrogen-bond acceptors (Lipinski definition) is 2. The summed E-state index contributed by atoms with van der Waals surface area (Å²) in [5.74, 6) is -0.190. The number of amides is 1. The Labute approximate surface area is 62.9 Å². The zero-order valence-corrected chi connectivity index (χ0v) is 7.01. The Hall–Kier alpha value is -0.330. The van der Waals surface area contributed by atoms with Gasteiger partial charge >= 0.3 is 62.6 Å². The van der Waals surface area contributed by atoms with E-state index in [4.69, 9.17) is 5.11 Å². The molecule has 4 nitrogen and oxygen atoms in total. The van der Waals surface area contributed by atoms with Crippen molar-refractivity contribution in [1.82, 2.24) is 5.32 Å². The van der Waals surface area contributed by atoms with E-state index in [0.717, 1.165) is 0 Å². The van der Waals surface area contributed by atoms with Crippen LogP contribution in [0.5, 0.6) is 0 Å². The van der Waals surface area contributed by atoms with Crippen molar-refractivity contribution in [3.8, 4) is 0 Å². The van der Waals surface area contributed by atoms with Gasteiger partial charge in [-0.05, 0) is 0 Å². The fourth-order valence-corrected chi connectivity index (χ4v) is 1.24. The molecule has 0 rings (SSSR count). The molecule has 0 saturated carbocycles. The van der Waals surface area contributed by atoms with Crippen molar-refractivity contribution < 1.29 is 35.9 Å². The summed E-state index contributed by atoms with van der Waals surface area (Å²) in [6, 6.07) is 0. The van der Waals surface area contributed by atoms with Gasteiger partial charge in [-0.15, -0.1) is 0 Å². The molecular weight excluding hydrogens is 237 g/mol. The van der Waals surface area contributed by atoms with Crippen LogP contribution in [0.15, 0.2) is 0 Å². The van der Waals surface area contributed by atoms with Crippen molar-refractivity contribution in [3.63, 3.8) is 0 Å². The molecule has 0 saturated heterocycles. The summed E-state index contributed by atoms with van der Waals surface area (Å²) in [4.78, 5) is 20.3. The summed E-state index contributed by atoms with van der Waals surface area (Å²) in [7, 11) is 1.49. The molecule has 0 aromatic carbocycles. The molecule has 2 N–H and O–H groups in total. The van der Waals surface area contributed by atoms with Gasteiger partial charge in [0.15, 0.2) is 0 Å². The molecule has 0 fully saturated rings. The van der Waals surface area contributed by atoms with Crippen LogP contribution in [0.3, 0.4) is 0 Å². The van der Waals surface area contributed by atoms with E-state index < -0.39 is 25.2 Å². The summed E-state index contributed by atoms with van der Waals surface area (Å²) in [6.45, 7) is 0. The van der Waals surface area contributed by atoms with E-state index in [-0.39, 0.29) is 10.3 Å². The van der Waals surface area contributed by atoms with Gasteiger partial charge in [0.05, 0.1) is 0 Å². The fraction of sp³-hybridized carbons (Fsp3) is 0.500. The van der Waals surface area contributed by atoms with Gasteiger partial charge in [-0.3, -0.25) is 0 Å². The first-order valence-electron chi connectivity index (χ1n) is 2.19. The summed E-state index contributed by atoms with van der Waals surface area (Å²) in [5.41, 5.74) is 0. The van der Waals surface area contributed by atoms with Crippen LogP contribution in [0.4, 0.5) is 4.79 Å². The van der Waals surface area contributed by atoms with Gasteiger partial charge < -0.3 is 0 Å². The van der Waals surface area contributed by atoms with Crippen molar-refractivity contribution in [2.24, 2.45) is 0 Å². The Morgan fingerprint density at radius 2 is 2.22 bits per heavy atom. The average Bonchev–Trinajstić information content (AvgIpc) is 1.83. The molecule has 0 bridgehead atoms. The zero-order chi connectivity index (χ0) is 7.28. The summed E-state index contributed by atoms with van der Waals surface area (Å²) < 4.78 is -0.664. The van der Waals surface area contributed by atoms with Crippen LogP contribution in [0, 0.1) is 0 Å². The van der Waals surface area contributed by atoms with Crippen molar-refractivity contribution in [2.75, 3.05) is 11.5 Å². The SMILES string of the molecule is CNC(=O)C[I-]C(=O)O. The Kier molecular flexibility index (Phi) is 4.37. The van der Waals surface area contributed by atoms with Gasteiger partial charge in [-0.25, -0.2) is 0 Å². The van der Waals surface area contributed by atoms with Crippen molar-refractivity contribution in [3.05, 3.63) is 0 Å². The first kappa shape index (κ1) is 8.67. The van der Waals surface area contributed by atoms with Gasteiger partial charge in [0, 0.05) is 0 Å². The number of nitrogens with one attached hydrogen (secondary N) is 1. The summed E-state index contributed by atoms with van der Waals surface area (Å²) >= 11 is -0.977. The quantitative estimate of drug-likeness (QED) is 0.307. The summed E-state index contributed by atoms with van der Waals surface area (Å²) in [5, 5.41) is 10.5. The predicted octanol–water partition coefficient (Wildman–Crippen LogP) is -3.50. The molecule has 1 amide bonds. The number of rotatable bonds is 3. The third kappa shape index (κ3) is 5.54. The van der Waals surface area contributed by atoms with Crippen LogP contribution in [-0.4, -0.2) is 26.5 Å². The summed E-state index contributed by atoms with van der Waals surface area (Å²) in [6.07, 6.45) is 0. The Morgan fingerprint density at radius 3 is 2.56 bits per heavy atom. The molecule has 0 aromatic heterocycles. The number of carbonyl (C=O) groups excluding carboxylic acids is 1. The third-order valence-electron chi connectivity index (χ3n) is 0.581. The first-order valence-corrected chi connectivity index (χ1v) is 4.80. The molecule has 0 aromatic rings. The molecule has 0 atom stereocenters. The van der Waals surface area contributed by atoms with Gasteiger partial charge in [0.25, 0.3) is 0 Å². The number of carboxylic acid groups (broad SMARTS) is 1. The van der Waals surface area contributed by atoms with Gasteiger partial charge in [-0.2, -0.15) is 0 Å². The van der Waals surface area contributed by atoms with Crippen molar-refractivity contribution in [1.29, 1.82) is 0 Å². The topological polar surface area (TPSA) is 66.4 Å². The van der Waals surface area contributed by atoms with E-state index in [1.165, 1.54) is 7.05 Å². The van der Waals surface area contributed by atoms with Gasteiger partial charge in [0.1, 0.15) is 0 Å². The molecule has 54 valence electrons. The van der Waals surface area contributed by atoms with E-state index in [0.29, 0.717) is 0 Å². The maximum absolute atomic E-state index is 10.4. The molecule has 9 heavy (non-hydrogen) atoms. The molecule has 0 heterocycles. The first-order chi connectivity index (χ1) is 4.16. The molecule has 0 unspecified atom stereocenters. The van der Waals surface area contributed by atoms with Gasteiger partial charge in [0.2, 0.25) is 0 Å². The average molecular weight is 244 g/mol. The number of alkyl halides is 1. The van der Waals surface area contributed by atoms with E-state index in [1.54, 1.807) is 0 Å². The number of carbonyl (C=O) groups is 2. The Bertz CT molecular complexity index is 125. The molecule has 0 aliphatic carbocycles. The second-order valence-corrected chi connectivity index (χ2v) is 3.64. The molecular formula is C4H7INO3-. The van der Waals surface area contributed by atoms with E-state index in [2.05, 4.69) is 5.32 Å². The van der Waals surface area contributed by atoms with Crippen LogP contribution in [-0.2, 0) is 4.79 Å². The molecule has 5 heteroatoms. The number of hydrogen-bond donors (Lipinski definition) is 2. The zero-order valence-electron chi connectivity index (χ0n) is 4.85. The fourth-order valence-electron chi connectivity index (χ4n) is 0.185. The monoisotopic (exact) mass is 244 g/mol. The van der Waals surface area contributed by atoms with E-state index in [9.17, 15) is 9.59 Å². The second-order valence-electron chi connectivity index (χ2n) is 1.19. The third-order valence-corrected chi connectivity index (χ3v) is 2.31. The van der Waals surface area contributed by atoms with Crippen LogP contribution < -0.4 is 26.5 Å². The van der Waals surface area contributed by atoms with Crippen LogP contribution in [0.25, 0.3) is 0 Å². The minimum atomic E-state index is -0.977. The van der Waals surface area contributed by atoms with Crippen LogP contribution in [0.2, 0.25) is 0 Å². The van der Waals surface area contributed by atoms with Crippen molar-refractivity contribution >= 4 is 9.88 Å². The second kappa shape index (κ2) is 4.54. The van der Waals surface area contributed by atoms with E-state index in [1.807, 2.05) is 0 Å². The predicted molar refractivity (Wildman–Crippen MR) is 27.0 cm³/mol. The van der Waals surface area contributed by atoms with E-state index >= 15 is 0 Å². The molecule has 0 spiro atoms. The minimum absolute atomic E-state index is 0.171. The van der Waals surface area contributed by atoms with Crippen LogP contribution >= 0.6 is 0 Å². The maximum atomic E-state index is 10.4. The normalized spacial score (nSPS) is 9.00. The van der Waals surface area contributed by atoms with Crippen molar-refractivity contribution in [2.45, 2.75) is 0 Å². The molecule has 0 radical (unpaired) electrons. The molecule has 0 aliphatic rings. The molecule has 0 aliphatic heterocycles. The Balaban J connectivity index is 3.28. The number of halogens is 1. The van der Waals surface area contributed by atoms with Gasteiger partial charge in [-0.1, -0.05) is 0 Å². The standard InChI is InChI=1S/C4H7INO3/c1-6-3(7)2-5-4(8)9/h2H2,1H3,(H,6,7)(H,8,9)/q-1.